The average Bonchev–Trinajstić information content (AvgIpc) is 2.56. The largest absolute Gasteiger partial charge is 0.573 e. The Morgan fingerprint density at radius 3 is 2.27 bits per heavy atom. The number of halogens is 3. The lowest BCUT2D eigenvalue weighted by atomic mass is 10.1. The molecule has 0 aromatic heterocycles. The number of rotatable bonds is 6. The number of amides is 1. The molecule has 0 aliphatic heterocycles. The molecule has 0 aliphatic carbocycles. The number of alkyl halides is 3. The van der Waals surface area contributed by atoms with Crippen LogP contribution in [0.25, 0.3) is 0 Å². The predicted octanol–water partition coefficient (Wildman–Crippen LogP) is 5.07. The van der Waals surface area contributed by atoms with Gasteiger partial charge in [0.2, 0.25) is 0 Å². The van der Waals surface area contributed by atoms with Gasteiger partial charge in [-0.15, -0.1) is 13.2 Å². The van der Waals surface area contributed by atoms with Crippen LogP contribution in [0.5, 0.6) is 5.75 Å². The number of nitrogens with one attached hydrogen (secondary N) is 1. The molecule has 0 spiro atoms. The number of nitrogens with zero attached hydrogens (tertiary/aromatic N) is 1. The van der Waals surface area contributed by atoms with Crippen molar-refractivity contribution in [2.75, 3.05) is 16.8 Å². The molecule has 7 heteroatoms. The highest BCUT2D eigenvalue weighted by Crippen LogP contribution is 2.30. The van der Waals surface area contributed by atoms with E-state index >= 15 is 0 Å². The van der Waals surface area contributed by atoms with Crippen LogP contribution in [-0.2, 0) is 0 Å². The van der Waals surface area contributed by atoms with E-state index in [0.717, 1.165) is 18.3 Å². The summed E-state index contributed by atoms with van der Waals surface area (Å²) in [4.78, 5) is 14.5. The second kappa shape index (κ2) is 8.12. The molecule has 26 heavy (non-hydrogen) atoms. The van der Waals surface area contributed by atoms with Crippen LogP contribution < -0.4 is 15.0 Å². The monoisotopic (exact) mass is 366 g/mol. The molecule has 0 fully saturated rings. The maximum atomic E-state index is 12.5. The van der Waals surface area contributed by atoms with Gasteiger partial charge in [0.15, 0.2) is 5.75 Å². The van der Waals surface area contributed by atoms with E-state index < -0.39 is 18.0 Å². The Hall–Kier alpha value is -2.70. The highest BCUT2D eigenvalue weighted by molar-refractivity contribution is 6.05. The summed E-state index contributed by atoms with van der Waals surface area (Å²) in [5.41, 5.74) is 1.27. The molecule has 0 saturated carbocycles. The maximum Gasteiger partial charge on any atom is 0.573 e. The lowest BCUT2D eigenvalue weighted by molar-refractivity contribution is -0.274. The molecule has 4 nitrogen and oxygen atoms in total. The average molecular weight is 366 g/mol. The smallest absolute Gasteiger partial charge is 0.404 e. The second-order valence-corrected chi connectivity index (χ2v) is 5.92. The second-order valence-electron chi connectivity index (χ2n) is 5.92. The SMILES string of the molecule is CCN(c1ccc(C(=O)Nc2ccccc2OC(F)(F)F)cc1)C(C)C. The number of hydrogen-bond donors (Lipinski definition) is 1. The van der Waals surface area contributed by atoms with Gasteiger partial charge in [-0.3, -0.25) is 4.79 Å². The van der Waals surface area contributed by atoms with Crippen molar-refractivity contribution in [3.8, 4) is 5.75 Å². The number of carbonyl (C=O) groups excluding carboxylic acids is 1. The van der Waals surface area contributed by atoms with E-state index in [2.05, 4.69) is 28.8 Å². The van der Waals surface area contributed by atoms with Crippen molar-refractivity contribution >= 4 is 17.3 Å². The molecule has 0 radical (unpaired) electrons. The van der Waals surface area contributed by atoms with Crippen LogP contribution in [-0.4, -0.2) is 24.9 Å². The Morgan fingerprint density at radius 2 is 1.73 bits per heavy atom. The van der Waals surface area contributed by atoms with Gasteiger partial charge in [0.05, 0.1) is 5.69 Å². The topological polar surface area (TPSA) is 41.6 Å². The molecular formula is C19H21F3N2O2. The lowest BCUT2D eigenvalue weighted by Gasteiger charge is -2.27. The summed E-state index contributed by atoms with van der Waals surface area (Å²) < 4.78 is 41.3. The molecular weight excluding hydrogens is 345 g/mol. The summed E-state index contributed by atoms with van der Waals surface area (Å²) in [5.74, 6) is -0.968. The molecule has 0 atom stereocenters. The molecule has 1 N–H and O–H groups in total. The van der Waals surface area contributed by atoms with E-state index in [-0.39, 0.29) is 5.69 Å². The zero-order chi connectivity index (χ0) is 19.3. The van der Waals surface area contributed by atoms with E-state index in [1.54, 1.807) is 12.1 Å². The zero-order valence-electron chi connectivity index (χ0n) is 14.8. The minimum atomic E-state index is -4.83. The van der Waals surface area contributed by atoms with Crippen molar-refractivity contribution in [2.45, 2.75) is 33.2 Å². The van der Waals surface area contributed by atoms with Gasteiger partial charge in [0.25, 0.3) is 5.91 Å². The Bertz CT molecular complexity index is 743. The Balaban J connectivity index is 2.16. The van der Waals surface area contributed by atoms with Gasteiger partial charge < -0.3 is 15.0 Å². The Labute approximate surface area is 150 Å². The third kappa shape index (κ3) is 5.15. The van der Waals surface area contributed by atoms with Crippen molar-refractivity contribution in [2.24, 2.45) is 0 Å². The third-order valence-electron chi connectivity index (χ3n) is 3.79. The summed E-state index contributed by atoms with van der Waals surface area (Å²) in [7, 11) is 0. The van der Waals surface area contributed by atoms with Crippen molar-refractivity contribution in [3.63, 3.8) is 0 Å². The normalized spacial score (nSPS) is 11.3. The lowest BCUT2D eigenvalue weighted by Crippen LogP contribution is -2.30. The fourth-order valence-corrected chi connectivity index (χ4v) is 2.63. The van der Waals surface area contributed by atoms with Crippen LogP contribution in [0.15, 0.2) is 48.5 Å². The van der Waals surface area contributed by atoms with Crippen molar-refractivity contribution in [1.82, 2.24) is 0 Å². The molecule has 2 aromatic carbocycles. The maximum absolute atomic E-state index is 12.5. The van der Waals surface area contributed by atoms with Crippen molar-refractivity contribution in [1.29, 1.82) is 0 Å². The van der Waals surface area contributed by atoms with Gasteiger partial charge in [-0.05, 0) is 57.2 Å². The quantitative estimate of drug-likeness (QED) is 0.776. The summed E-state index contributed by atoms with van der Waals surface area (Å²) in [5, 5.41) is 2.46. The highest BCUT2D eigenvalue weighted by Gasteiger charge is 2.32. The van der Waals surface area contributed by atoms with Crippen LogP contribution in [0.1, 0.15) is 31.1 Å². The molecule has 2 rings (SSSR count). The highest BCUT2D eigenvalue weighted by atomic mass is 19.4. The first-order valence-corrected chi connectivity index (χ1v) is 8.24. The van der Waals surface area contributed by atoms with Crippen LogP contribution in [0.2, 0.25) is 0 Å². The summed E-state index contributed by atoms with van der Waals surface area (Å²) in [6.45, 7) is 7.01. The van der Waals surface area contributed by atoms with Gasteiger partial charge in [-0.2, -0.15) is 0 Å². The first-order valence-electron chi connectivity index (χ1n) is 8.24. The van der Waals surface area contributed by atoms with Gasteiger partial charge in [-0.25, -0.2) is 0 Å². The number of ether oxygens (including phenoxy) is 1. The summed E-state index contributed by atoms with van der Waals surface area (Å²) >= 11 is 0. The molecule has 0 bridgehead atoms. The van der Waals surface area contributed by atoms with Gasteiger partial charge in [0, 0.05) is 23.8 Å². The van der Waals surface area contributed by atoms with Crippen molar-refractivity contribution < 1.29 is 22.7 Å². The number of benzene rings is 2. The van der Waals surface area contributed by atoms with E-state index in [0.29, 0.717) is 11.6 Å². The molecule has 0 saturated heterocycles. The van der Waals surface area contributed by atoms with Gasteiger partial charge in [0.1, 0.15) is 0 Å². The molecule has 140 valence electrons. The van der Waals surface area contributed by atoms with Crippen molar-refractivity contribution in [3.05, 3.63) is 54.1 Å². The number of carbonyl (C=O) groups is 1. The molecule has 0 aliphatic rings. The van der Waals surface area contributed by atoms with Crippen LogP contribution in [0.4, 0.5) is 24.5 Å². The summed E-state index contributed by atoms with van der Waals surface area (Å²) in [6, 6.07) is 12.6. The molecule has 0 heterocycles. The molecule has 1 amide bonds. The number of hydrogen-bond acceptors (Lipinski definition) is 3. The Kier molecular flexibility index (Phi) is 6.13. The minimum absolute atomic E-state index is 0.0451. The van der Waals surface area contributed by atoms with Gasteiger partial charge >= 0.3 is 6.36 Å². The van der Waals surface area contributed by atoms with Crippen LogP contribution in [0, 0.1) is 0 Å². The van der Waals surface area contributed by atoms with Gasteiger partial charge in [-0.1, -0.05) is 12.1 Å². The molecule has 2 aromatic rings. The number of anilines is 2. The number of para-hydroxylation sites is 2. The molecule has 0 unspecified atom stereocenters. The van der Waals surface area contributed by atoms with Crippen LogP contribution in [0.3, 0.4) is 0 Å². The summed E-state index contributed by atoms with van der Waals surface area (Å²) in [6.07, 6.45) is -4.83. The minimum Gasteiger partial charge on any atom is -0.404 e. The van der Waals surface area contributed by atoms with E-state index in [4.69, 9.17) is 0 Å². The van der Waals surface area contributed by atoms with Crippen LogP contribution >= 0.6 is 0 Å². The first kappa shape index (κ1) is 19.6. The Morgan fingerprint density at radius 1 is 1.12 bits per heavy atom. The first-order chi connectivity index (χ1) is 12.2. The third-order valence-corrected chi connectivity index (χ3v) is 3.79. The fourth-order valence-electron chi connectivity index (χ4n) is 2.63. The predicted molar refractivity (Wildman–Crippen MR) is 95.7 cm³/mol. The standard InChI is InChI=1S/C19H21F3N2O2/c1-4-24(13(2)3)15-11-9-14(10-12-15)18(25)23-16-7-5-6-8-17(16)26-19(20,21)22/h5-13H,4H2,1-3H3,(H,23,25). The zero-order valence-corrected chi connectivity index (χ0v) is 14.8. The van der Waals surface area contributed by atoms with E-state index in [1.165, 1.54) is 18.2 Å². The van der Waals surface area contributed by atoms with E-state index in [9.17, 15) is 18.0 Å². The van der Waals surface area contributed by atoms with E-state index in [1.807, 2.05) is 19.1 Å². The fraction of sp³-hybridized carbons (Fsp3) is 0.316.